The molecule has 37 heavy (non-hydrogen) atoms. The van der Waals surface area contributed by atoms with Gasteiger partial charge in [-0.3, -0.25) is 4.79 Å². The van der Waals surface area contributed by atoms with Gasteiger partial charge in [-0.25, -0.2) is 0 Å². The highest BCUT2D eigenvalue weighted by atomic mass is 16.5. The lowest BCUT2D eigenvalue weighted by Gasteiger charge is -2.36. The first-order valence-corrected chi connectivity index (χ1v) is 12.9. The van der Waals surface area contributed by atoms with Crippen LogP contribution in [-0.4, -0.2) is 60.4 Å². The second kappa shape index (κ2) is 12.4. The number of carbonyl (C=O) groups is 1. The Balaban J connectivity index is 0.000000396. The van der Waals surface area contributed by atoms with Gasteiger partial charge in [0.05, 0.1) is 13.2 Å². The van der Waals surface area contributed by atoms with E-state index in [-0.39, 0.29) is 23.5 Å². The van der Waals surface area contributed by atoms with E-state index in [9.17, 15) is 15.0 Å². The summed E-state index contributed by atoms with van der Waals surface area (Å²) < 4.78 is 11.7. The van der Waals surface area contributed by atoms with Gasteiger partial charge in [-0.2, -0.15) is 0 Å². The maximum absolute atomic E-state index is 12.7. The zero-order chi connectivity index (χ0) is 26.2. The van der Waals surface area contributed by atoms with E-state index in [4.69, 9.17) is 9.47 Å². The van der Waals surface area contributed by atoms with E-state index in [0.717, 1.165) is 30.0 Å². The summed E-state index contributed by atoms with van der Waals surface area (Å²) in [6, 6.07) is 20.4. The van der Waals surface area contributed by atoms with Crippen LogP contribution in [-0.2, 0) is 0 Å². The molecule has 0 radical (unpaired) electrons. The van der Waals surface area contributed by atoms with Crippen LogP contribution >= 0.6 is 0 Å². The van der Waals surface area contributed by atoms with Crippen molar-refractivity contribution < 1.29 is 24.5 Å². The molecule has 0 unspecified atom stereocenters. The fourth-order valence-electron chi connectivity index (χ4n) is 4.68. The van der Waals surface area contributed by atoms with E-state index in [2.05, 4.69) is 24.0 Å². The summed E-state index contributed by atoms with van der Waals surface area (Å²) in [6.07, 6.45) is 4.84. The van der Waals surface area contributed by atoms with Crippen molar-refractivity contribution in [2.75, 3.05) is 38.2 Å². The number of phenolic OH excluding ortho intramolecular Hbond substituents is 2. The third-order valence-corrected chi connectivity index (χ3v) is 6.84. The molecule has 196 valence electrons. The van der Waals surface area contributed by atoms with Crippen molar-refractivity contribution in [2.45, 2.75) is 38.7 Å². The van der Waals surface area contributed by atoms with Gasteiger partial charge in [0.1, 0.15) is 0 Å². The first-order valence-electron chi connectivity index (χ1n) is 12.9. The Bertz CT molecular complexity index is 1170. The van der Waals surface area contributed by atoms with Crippen LogP contribution in [0.3, 0.4) is 0 Å². The molecule has 2 aliphatic rings. The molecule has 5 rings (SSSR count). The van der Waals surface area contributed by atoms with E-state index in [1.54, 1.807) is 12.0 Å². The molecule has 1 saturated carbocycles. The molecular weight excluding hydrogens is 468 g/mol. The van der Waals surface area contributed by atoms with Crippen LogP contribution in [0.4, 0.5) is 5.69 Å². The molecule has 3 aromatic rings. The number of hydrogen-bond donors (Lipinski definition) is 2. The number of aryl methyl sites for hydroxylation is 1. The Morgan fingerprint density at radius 2 is 1.54 bits per heavy atom. The van der Waals surface area contributed by atoms with Gasteiger partial charge < -0.3 is 29.5 Å². The van der Waals surface area contributed by atoms with Crippen LogP contribution in [0.15, 0.2) is 66.7 Å². The lowest BCUT2D eigenvalue weighted by molar-refractivity contribution is 0.0746. The molecule has 7 nitrogen and oxygen atoms in total. The highest BCUT2D eigenvalue weighted by molar-refractivity contribution is 5.95. The van der Waals surface area contributed by atoms with Crippen molar-refractivity contribution >= 4 is 11.6 Å². The average Bonchev–Trinajstić information content (AvgIpc) is 3.44. The molecule has 2 fully saturated rings. The number of rotatable bonds is 5. The molecule has 1 heterocycles. The molecule has 1 amide bonds. The van der Waals surface area contributed by atoms with Gasteiger partial charge in [0.15, 0.2) is 23.0 Å². The number of piperazine rings is 1. The predicted molar refractivity (Wildman–Crippen MR) is 145 cm³/mol. The Morgan fingerprint density at radius 3 is 2.14 bits per heavy atom. The number of amides is 1. The zero-order valence-corrected chi connectivity index (χ0v) is 21.6. The van der Waals surface area contributed by atoms with Gasteiger partial charge in [0.25, 0.3) is 5.91 Å². The number of carbonyl (C=O) groups excluding carboxylic acids is 1. The second-order valence-corrected chi connectivity index (χ2v) is 9.50. The summed E-state index contributed by atoms with van der Waals surface area (Å²) in [5.41, 5.74) is 2.75. The Morgan fingerprint density at radius 1 is 0.838 bits per heavy atom. The van der Waals surface area contributed by atoms with E-state index in [1.165, 1.54) is 36.6 Å². The summed E-state index contributed by atoms with van der Waals surface area (Å²) in [5, 5.41) is 19.1. The summed E-state index contributed by atoms with van der Waals surface area (Å²) in [7, 11) is 1.65. The normalized spacial score (nSPS) is 15.6. The third-order valence-electron chi connectivity index (χ3n) is 6.84. The van der Waals surface area contributed by atoms with E-state index >= 15 is 0 Å². The fraction of sp³-hybridized carbons (Fsp3) is 0.367. The highest BCUT2D eigenvalue weighted by Gasteiger charge is 2.24. The molecule has 3 aromatic carbocycles. The smallest absolute Gasteiger partial charge is 0.254 e. The molecule has 7 heteroatoms. The van der Waals surface area contributed by atoms with Crippen molar-refractivity contribution in [1.82, 2.24) is 4.90 Å². The topological polar surface area (TPSA) is 82.5 Å². The van der Waals surface area contributed by atoms with Crippen molar-refractivity contribution in [2.24, 2.45) is 0 Å². The maximum Gasteiger partial charge on any atom is 0.254 e. The van der Waals surface area contributed by atoms with Crippen molar-refractivity contribution in [3.8, 4) is 23.0 Å². The molecule has 2 N–H and O–H groups in total. The lowest BCUT2D eigenvalue weighted by atomic mass is 10.1. The SMILES string of the molecule is COc1ccc(N2CCN(C(=O)c3ccc(O)c(O)c3)CC2)cc1OC1CCCC1.Cc1ccccc1. The highest BCUT2D eigenvalue weighted by Crippen LogP contribution is 2.35. The van der Waals surface area contributed by atoms with Gasteiger partial charge in [0.2, 0.25) is 0 Å². The van der Waals surface area contributed by atoms with Gasteiger partial charge in [0, 0.05) is 43.5 Å². The van der Waals surface area contributed by atoms with Gasteiger partial charge in [-0.1, -0.05) is 35.9 Å². The summed E-state index contributed by atoms with van der Waals surface area (Å²) in [6.45, 7) is 4.63. The zero-order valence-electron chi connectivity index (χ0n) is 21.6. The largest absolute Gasteiger partial charge is 0.504 e. The maximum atomic E-state index is 12.7. The number of nitrogens with zero attached hydrogens (tertiary/aromatic N) is 2. The van der Waals surface area contributed by atoms with Crippen molar-refractivity contribution in [1.29, 1.82) is 0 Å². The summed E-state index contributed by atoms with van der Waals surface area (Å²) in [5.74, 6) is 0.857. The minimum atomic E-state index is -0.285. The number of ether oxygens (including phenoxy) is 2. The number of hydrogen-bond acceptors (Lipinski definition) is 6. The standard InChI is InChI=1S/C23H28N2O5.C7H8/c1-29-21-9-7-17(15-22(21)30-18-4-2-3-5-18)24-10-12-25(13-11-24)23(28)16-6-8-19(26)20(27)14-16;1-7-5-3-2-4-6-7/h6-9,14-15,18,26-27H,2-5,10-13H2,1H3;2-6H,1H3. The summed E-state index contributed by atoms with van der Waals surface area (Å²) >= 11 is 0. The minimum Gasteiger partial charge on any atom is -0.504 e. The van der Waals surface area contributed by atoms with Gasteiger partial charge in [-0.15, -0.1) is 0 Å². The molecule has 0 bridgehead atoms. The first-order chi connectivity index (χ1) is 17.9. The van der Waals surface area contributed by atoms with Gasteiger partial charge in [-0.05, 0) is 62.9 Å². The molecule has 0 spiro atoms. The number of benzene rings is 3. The van der Waals surface area contributed by atoms with Crippen LogP contribution in [0.5, 0.6) is 23.0 Å². The molecular formula is C30H36N2O5. The quantitative estimate of drug-likeness (QED) is 0.454. The molecule has 0 aromatic heterocycles. The third kappa shape index (κ3) is 6.88. The van der Waals surface area contributed by atoms with E-state index in [1.807, 2.05) is 36.4 Å². The number of methoxy groups -OCH3 is 1. The number of aromatic hydroxyl groups is 2. The van der Waals surface area contributed by atoms with E-state index < -0.39 is 0 Å². The minimum absolute atomic E-state index is 0.148. The predicted octanol–water partition coefficient (Wildman–Crippen LogP) is 5.39. The fourth-order valence-corrected chi connectivity index (χ4v) is 4.68. The van der Waals surface area contributed by atoms with Crippen LogP contribution in [0.2, 0.25) is 0 Å². The van der Waals surface area contributed by atoms with Crippen LogP contribution < -0.4 is 14.4 Å². The monoisotopic (exact) mass is 504 g/mol. The van der Waals surface area contributed by atoms with Crippen molar-refractivity contribution in [3.05, 3.63) is 77.9 Å². The molecule has 1 aliphatic heterocycles. The summed E-state index contributed by atoms with van der Waals surface area (Å²) in [4.78, 5) is 16.7. The Kier molecular flexibility index (Phi) is 8.77. The van der Waals surface area contributed by atoms with Crippen molar-refractivity contribution in [3.63, 3.8) is 0 Å². The Labute approximate surface area is 218 Å². The molecule has 0 atom stereocenters. The molecule has 1 aliphatic carbocycles. The van der Waals surface area contributed by atoms with E-state index in [0.29, 0.717) is 31.7 Å². The Hall–Kier alpha value is -3.87. The lowest BCUT2D eigenvalue weighted by Crippen LogP contribution is -2.48. The number of anilines is 1. The number of phenols is 2. The van der Waals surface area contributed by atoms with Crippen LogP contribution in [0.1, 0.15) is 41.6 Å². The average molecular weight is 505 g/mol. The first kappa shape index (κ1) is 26.2. The van der Waals surface area contributed by atoms with Crippen LogP contribution in [0, 0.1) is 6.92 Å². The van der Waals surface area contributed by atoms with Gasteiger partial charge >= 0.3 is 0 Å². The van der Waals surface area contributed by atoms with Crippen LogP contribution in [0.25, 0.3) is 0 Å². The second-order valence-electron chi connectivity index (χ2n) is 9.50. The molecule has 1 saturated heterocycles.